The zero-order chi connectivity index (χ0) is 13.8. The first kappa shape index (κ1) is 14.6. The molecule has 1 amide bonds. The Morgan fingerprint density at radius 2 is 2.06 bits per heavy atom. The number of primary amides is 1. The van der Waals surface area contributed by atoms with Crippen LogP contribution in [0.5, 0.6) is 0 Å². The van der Waals surface area contributed by atoms with Gasteiger partial charge >= 0.3 is 0 Å². The molecule has 0 bridgehead atoms. The molecule has 6 nitrogen and oxygen atoms in total. The van der Waals surface area contributed by atoms with Crippen molar-refractivity contribution >= 4 is 15.9 Å². The summed E-state index contributed by atoms with van der Waals surface area (Å²) >= 11 is 0. The standard InChI is InChI=1S/C11H17N3O3S/c1-8-3-4-9(7-10(8)11(13)15)18(16,17)14-6-2-5-12/h3-4,7,14H,2,5-6,12H2,1H3,(H2,13,15). The quantitative estimate of drug-likeness (QED) is 0.617. The van der Waals surface area contributed by atoms with Crippen LogP contribution in [0.2, 0.25) is 0 Å². The highest BCUT2D eigenvalue weighted by Gasteiger charge is 2.16. The number of nitrogens with two attached hydrogens (primary N) is 2. The Bertz CT molecular complexity index is 540. The molecule has 0 atom stereocenters. The lowest BCUT2D eigenvalue weighted by atomic mass is 10.1. The minimum atomic E-state index is -3.62. The largest absolute Gasteiger partial charge is 0.366 e. The van der Waals surface area contributed by atoms with Crippen LogP contribution in [-0.4, -0.2) is 27.4 Å². The molecule has 100 valence electrons. The summed E-state index contributed by atoms with van der Waals surface area (Å²) in [6.07, 6.45) is 0.549. The Kier molecular flexibility index (Phi) is 4.83. The molecule has 1 rings (SSSR count). The molecule has 0 heterocycles. The molecule has 0 saturated heterocycles. The molecule has 18 heavy (non-hydrogen) atoms. The van der Waals surface area contributed by atoms with E-state index in [0.29, 0.717) is 18.5 Å². The lowest BCUT2D eigenvalue weighted by molar-refractivity contribution is 0.0999. The van der Waals surface area contributed by atoms with Gasteiger partial charge in [0.15, 0.2) is 0 Å². The summed E-state index contributed by atoms with van der Waals surface area (Å²) in [4.78, 5) is 11.2. The number of hydrogen-bond acceptors (Lipinski definition) is 4. The van der Waals surface area contributed by atoms with Crippen molar-refractivity contribution in [2.24, 2.45) is 11.5 Å². The number of nitrogens with one attached hydrogen (secondary N) is 1. The molecule has 0 aromatic heterocycles. The summed E-state index contributed by atoms with van der Waals surface area (Å²) in [5.74, 6) is -0.647. The van der Waals surface area contributed by atoms with Crippen LogP contribution < -0.4 is 16.2 Å². The maximum atomic E-state index is 11.9. The van der Waals surface area contributed by atoms with Gasteiger partial charge < -0.3 is 11.5 Å². The number of sulfonamides is 1. The van der Waals surface area contributed by atoms with Gasteiger partial charge in [0.25, 0.3) is 0 Å². The van der Waals surface area contributed by atoms with E-state index in [-0.39, 0.29) is 17.0 Å². The Hall–Kier alpha value is -1.44. The second kappa shape index (κ2) is 5.94. The van der Waals surface area contributed by atoms with Gasteiger partial charge in [-0.15, -0.1) is 0 Å². The van der Waals surface area contributed by atoms with E-state index in [9.17, 15) is 13.2 Å². The zero-order valence-corrected chi connectivity index (χ0v) is 11.0. The number of rotatable bonds is 6. The first-order valence-electron chi connectivity index (χ1n) is 5.48. The summed E-state index contributed by atoms with van der Waals surface area (Å²) in [5.41, 5.74) is 11.3. The zero-order valence-electron chi connectivity index (χ0n) is 10.1. The third-order valence-electron chi connectivity index (χ3n) is 2.46. The van der Waals surface area contributed by atoms with Crippen molar-refractivity contribution in [2.45, 2.75) is 18.2 Å². The maximum absolute atomic E-state index is 11.9. The fourth-order valence-corrected chi connectivity index (χ4v) is 2.53. The summed E-state index contributed by atoms with van der Waals surface area (Å²) in [5, 5.41) is 0. The molecule has 0 aliphatic heterocycles. The number of hydrogen-bond donors (Lipinski definition) is 3. The summed E-state index contributed by atoms with van der Waals surface area (Å²) in [7, 11) is -3.62. The van der Waals surface area contributed by atoms with Crippen LogP contribution in [-0.2, 0) is 10.0 Å². The third kappa shape index (κ3) is 3.52. The predicted octanol–water partition coefficient (Wildman–Crippen LogP) is -0.279. The third-order valence-corrected chi connectivity index (χ3v) is 3.92. The summed E-state index contributed by atoms with van der Waals surface area (Å²) < 4.78 is 26.2. The first-order valence-corrected chi connectivity index (χ1v) is 6.97. The Morgan fingerprint density at radius 3 is 2.61 bits per heavy atom. The van der Waals surface area contributed by atoms with Crippen molar-refractivity contribution in [3.8, 4) is 0 Å². The van der Waals surface area contributed by atoms with Crippen molar-refractivity contribution in [3.05, 3.63) is 29.3 Å². The normalized spacial score (nSPS) is 11.4. The van der Waals surface area contributed by atoms with Crippen LogP contribution in [0, 0.1) is 6.92 Å². The molecule has 0 radical (unpaired) electrons. The average molecular weight is 271 g/mol. The molecule has 1 aromatic carbocycles. The second-order valence-corrected chi connectivity index (χ2v) is 5.65. The number of amides is 1. The first-order chi connectivity index (χ1) is 8.38. The number of aryl methyl sites for hydroxylation is 1. The SMILES string of the molecule is Cc1ccc(S(=O)(=O)NCCCN)cc1C(N)=O. The van der Waals surface area contributed by atoms with E-state index >= 15 is 0 Å². The molecule has 0 spiro atoms. The van der Waals surface area contributed by atoms with Crippen LogP contribution in [0.15, 0.2) is 23.1 Å². The van der Waals surface area contributed by atoms with Gasteiger partial charge in [0.05, 0.1) is 4.90 Å². The summed E-state index contributed by atoms with van der Waals surface area (Å²) in [6.45, 7) is 2.36. The summed E-state index contributed by atoms with van der Waals surface area (Å²) in [6, 6.07) is 4.27. The Labute approximate surface area is 106 Å². The minimum Gasteiger partial charge on any atom is -0.366 e. The fraction of sp³-hybridized carbons (Fsp3) is 0.364. The van der Waals surface area contributed by atoms with E-state index < -0.39 is 15.9 Å². The van der Waals surface area contributed by atoms with Gasteiger partial charge in [0, 0.05) is 12.1 Å². The molecule has 7 heteroatoms. The lowest BCUT2D eigenvalue weighted by Crippen LogP contribution is -2.26. The second-order valence-electron chi connectivity index (χ2n) is 3.88. The maximum Gasteiger partial charge on any atom is 0.249 e. The van der Waals surface area contributed by atoms with Gasteiger partial charge in [-0.3, -0.25) is 4.79 Å². The molecule has 0 saturated carbocycles. The number of carbonyl (C=O) groups excluding carboxylic acids is 1. The Balaban J connectivity index is 3.02. The van der Waals surface area contributed by atoms with Crippen LogP contribution in [0.3, 0.4) is 0 Å². The van der Waals surface area contributed by atoms with E-state index in [1.54, 1.807) is 13.0 Å². The van der Waals surface area contributed by atoms with Crippen molar-refractivity contribution in [2.75, 3.05) is 13.1 Å². The van der Waals surface area contributed by atoms with Gasteiger partial charge in [0.2, 0.25) is 15.9 Å². The van der Waals surface area contributed by atoms with Gasteiger partial charge in [0.1, 0.15) is 0 Å². The smallest absolute Gasteiger partial charge is 0.249 e. The van der Waals surface area contributed by atoms with E-state index in [2.05, 4.69) is 4.72 Å². The predicted molar refractivity (Wildman–Crippen MR) is 68.6 cm³/mol. The van der Waals surface area contributed by atoms with E-state index in [1.165, 1.54) is 12.1 Å². The van der Waals surface area contributed by atoms with Crippen LogP contribution >= 0.6 is 0 Å². The van der Waals surface area contributed by atoms with Crippen molar-refractivity contribution in [1.82, 2.24) is 4.72 Å². The van der Waals surface area contributed by atoms with E-state index in [1.807, 2.05) is 0 Å². The molecular weight excluding hydrogens is 254 g/mol. The number of carbonyl (C=O) groups is 1. The monoisotopic (exact) mass is 271 g/mol. The van der Waals surface area contributed by atoms with Crippen LogP contribution in [0.4, 0.5) is 0 Å². The molecular formula is C11H17N3O3S. The highest BCUT2D eigenvalue weighted by Crippen LogP contribution is 2.15. The fourth-order valence-electron chi connectivity index (χ4n) is 1.43. The molecule has 0 aliphatic rings. The minimum absolute atomic E-state index is 0.0268. The highest BCUT2D eigenvalue weighted by atomic mass is 32.2. The van der Waals surface area contributed by atoms with Gasteiger partial charge in [-0.2, -0.15) is 0 Å². The molecule has 5 N–H and O–H groups in total. The van der Waals surface area contributed by atoms with Crippen molar-refractivity contribution in [3.63, 3.8) is 0 Å². The molecule has 0 unspecified atom stereocenters. The Morgan fingerprint density at radius 1 is 1.39 bits per heavy atom. The topological polar surface area (TPSA) is 115 Å². The van der Waals surface area contributed by atoms with E-state index in [0.717, 1.165) is 0 Å². The van der Waals surface area contributed by atoms with Crippen molar-refractivity contribution in [1.29, 1.82) is 0 Å². The molecule has 0 aliphatic carbocycles. The average Bonchev–Trinajstić information content (AvgIpc) is 2.29. The lowest BCUT2D eigenvalue weighted by Gasteiger charge is -2.08. The van der Waals surface area contributed by atoms with Crippen LogP contribution in [0.1, 0.15) is 22.3 Å². The van der Waals surface area contributed by atoms with Crippen molar-refractivity contribution < 1.29 is 13.2 Å². The van der Waals surface area contributed by atoms with Gasteiger partial charge in [-0.05, 0) is 37.6 Å². The van der Waals surface area contributed by atoms with Gasteiger partial charge in [-0.25, -0.2) is 13.1 Å². The number of benzene rings is 1. The van der Waals surface area contributed by atoms with E-state index in [4.69, 9.17) is 11.5 Å². The molecule has 0 fully saturated rings. The highest BCUT2D eigenvalue weighted by molar-refractivity contribution is 7.89. The molecule has 1 aromatic rings. The van der Waals surface area contributed by atoms with Gasteiger partial charge in [-0.1, -0.05) is 6.07 Å². The van der Waals surface area contributed by atoms with Crippen LogP contribution in [0.25, 0.3) is 0 Å².